The van der Waals surface area contributed by atoms with E-state index in [2.05, 4.69) is 0 Å². The lowest BCUT2D eigenvalue weighted by Gasteiger charge is -2.19. The molecule has 128 valence electrons. The van der Waals surface area contributed by atoms with Crippen LogP contribution in [0.3, 0.4) is 0 Å². The van der Waals surface area contributed by atoms with Gasteiger partial charge in [-0.3, -0.25) is 4.79 Å². The molecule has 0 aliphatic carbocycles. The lowest BCUT2D eigenvalue weighted by atomic mass is 10.1. The Kier molecular flexibility index (Phi) is 5.23. The fourth-order valence-corrected chi connectivity index (χ4v) is 2.21. The molecule has 0 saturated heterocycles. The molecular weight excluding hydrogens is 320 g/mol. The summed E-state index contributed by atoms with van der Waals surface area (Å²) in [6.45, 7) is 0. The summed E-state index contributed by atoms with van der Waals surface area (Å²) in [6, 6.07) is 6.20. The number of nitrogens with zero attached hydrogens (tertiary/aromatic N) is 1. The third kappa shape index (κ3) is 3.24. The number of rotatable bonds is 5. The van der Waals surface area contributed by atoms with Crippen LogP contribution in [0.25, 0.3) is 0 Å². The molecule has 0 aliphatic rings. The summed E-state index contributed by atoms with van der Waals surface area (Å²) >= 11 is 0. The average Bonchev–Trinajstić information content (AvgIpc) is 2.61. The van der Waals surface area contributed by atoms with Gasteiger partial charge in [-0.15, -0.1) is 0 Å². The third-order valence-corrected chi connectivity index (χ3v) is 3.51. The Morgan fingerprint density at radius 3 is 1.96 bits per heavy atom. The first-order valence-electron chi connectivity index (χ1n) is 6.96. The van der Waals surface area contributed by atoms with Gasteiger partial charge in [-0.2, -0.15) is 0 Å². The van der Waals surface area contributed by atoms with E-state index in [0.717, 1.165) is 12.1 Å². The van der Waals surface area contributed by atoms with Crippen LogP contribution >= 0.6 is 0 Å². The molecule has 24 heavy (non-hydrogen) atoms. The Bertz CT molecular complexity index is 739. The van der Waals surface area contributed by atoms with Crippen LogP contribution in [0.15, 0.2) is 30.3 Å². The normalized spacial score (nSPS) is 10.2. The summed E-state index contributed by atoms with van der Waals surface area (Å²) in [4.78, 5) is 13.8. The number of amides is 1. The van der Waals surface area contributed by atoms with Crippen molar-refractivity contribution < 1.29 is 27.8 Å². The molecule has 0 aromatic heterocycles. The zero-order valence-corrected chi connectivity index (χ0v) is 13.7. The number of halogens is 2. The largest absolute Gasteiger partial charge is 0.493 e. The summed E-state index contributed by atoms with van der Waals surface area (Å²) in [5, 5.41) is 0. The van der Waals surface area contributed by atoms with Gasteiger partial charge in [0.05, 0.1) is 21.3 Å². The van der Waals surface area contributed by atoms with E-state index >= 15 is 0 Å². The Balaban J connectivity index is 2.43. The number of hydrogen-bond acceptors (Lipinski definition) is 4. The van der Waals surface area contributed by atoms with E-state index in [0.29, 0.717) is 17.2 Å². The van der Waals surface area contributed by atoms with Crippen LogP contribution in [0.5, 0.6) is 17.2 Å². The Morgan fingerprint density at radius 1 is 0.917 bits per heavy atom. The Labute approximate surface area is 138 Å². The van der Waals surface area contributed by atoms with Gasteiger partial charge in [0.2, 0.25) is 5.75 Å². The van der Waals surface area contributed by atoms with Crippen LogP contribution in [-0.4, -0.2) is 34.3 Å². The van der Waals surface area contributed by atoms with Crippen LogP contribution in [-0.2, 0) is 0 Å². The van der Waals surface area contributed by atoms with Gasteiger partial charge < -0.3 is 19.1 Å². The predicted molar refractivity (Wildman–Crippen MR) is 85.2 cm³/mol. The molecule has 7 heteroatoms. The Morgan fingerprint density at radius 2 is 1.50 bits per heavy atom. The highest BCUT2D eigenvalue weighted by Crippen LogP contribution is 2.38. The van der Waals surface area contributed by atoms with E-state index in [1.54, 1.807) is 0 Å². The fraction of sp³-hybridized carbons (Fsp3) is 0.235. The van der Waals surface area contributed by atoms with Gasteiger partial charge in [0.15, 0.2) is 23.1 Å². The number of carbonyl (C=O) groups is 1. The predicted octanol–water partition coefficient (Wildman–Crippen LogP) is 3.27. The van der Waals surface area contributed by atoms with Crippen molar-refractivity contribution in [1.29, 1.82) is 0 Å². The number of carbonyl (C=O) groups excluding carboxylic acids is 1. The van der Waals surface area contributed by atoms with Gasteiger partial charge >= 0.3 is 0 Å². The maximum Gasteiger partial charge on any atom is 0.258 e. The number of methoxy groups -OCH3 is 3. The lowest BCUT2D eigenvalue weighted by Crippen LogP contribution is -2.26. The van der Waals surface area contributed by atoms with Gasteiger partial charge in [-0.25, -0.2) is 8.78 Å². The molecule has 1 amide bonds. The molecule has 0 unspecified atom stereocenters. The highest BCUT2D eigenvalue weighted by Gasteiger charge is 2.20. The summed E-state index contributed by atoms with van der Waals surface area (Å²) in [6.07, 6.45) is 0. The molecular formula is C17H17F2NO4. The van der Waals surface area contributed by atoms with Crippen molar-refractivity contribution in [2.45, 2.75) is 0 Å². The van der Waals surface area contributed by atoms with E-state index in [-0.39, 0.29) is 11.3 Å². The maximum absolute atomic E-state index is 13.4. The molecule has 0 N–H and O–H groups in total. The molecule has 0 radical (unpaired) electrons. The van der Waals surface area contributed by atoms with Crippen molar-refractivity contribution in [2.75, 3.05) is 33.3 Å². The Hall–Kier alpha value is -2.83. The fourth-order valence-electron chi connectivity index (χ4n) is 2.21. The van der Waals surface area contributed by atoms with Crippen molar-refractivity contribution in [3.05, 3.63) is 47.5 Å². The van der Waals surface area contributed by atoms with Gasteiger partial charge in [0, 0.05) is 24.4 Å². The van der Waals surface area contributed by atoms with Crippen LogP contribution in [0, 0.1) is 11.6 Å². The summed E-state index contributed by atoms with van der Waals surface area (Å²) in [5.74, 6) is -1.46. The maximum atomic E-state index is 13.4. The molecule has 2 aromatic carbocycles. The molecule has 5 nitrogen and oxygen atoms in total. The van der Waals surface area contributed by atoms with E-state index < -0.39 is 17.5 Å². The van der Waals surface area contributed by atoms with Crippen molar-refractivity contribution in [3.63, 3.8) is 0 Å². The minimum Gasteiger partial charge on any atom is -0.493 e. The van der Waals surface area contributed by atoms with Crippen LogP contribution in [0.2, 0.25) is 0 Å². The van der Waals surface area contributed by atoms with Crippen molar-refractivity contribution in [1.82, 2.24) is 0 Å². The van der Waals surface area contributed by atoms with Gasteiger partial charge in [-0.1, -0.05) is 0 Å². The molecule has 0 saturated carbocycles. The van der Waals surface area contributed by atoms with E-state index in [4.69, 9.17) is 14.2 Å². The molecule has 2 aromatic rings. The zero-order valence-electron chi connectivity index (χ0n) is 13.7. The second-order valence-electron chi connectivity index (χ2n) is 4.88. The molecule has 0 aliphatic heterocycles. The standard InChI is InChI=1S/C17H17F2NO4/c1-20(11-5-6-12(18)13(19)9-11)17(21)10-7-14(22-2)16(24-4)15(8-10)23-3/h5-9H,1-4H3. The number of hydrogen-bond donors (Lipinski definition) is 0. The quantitative estimate of drug-likeness (QED) is 0.840. The second kappa shape index (κ2) is 7.16. The minimum absolute atomic E-state index is 0.215. The smallest absolute Gasteiger partial charge is 0.258 e. The number of anilines is 1. The molecule has 0 atom stereocenters. The van der Waals surface area contributed by atoms with E-state index in [1.807, 2.05) is 0 Å². The van der Waals surface area contributed by atoms with Crippen molar-refractivity contribution >= 4 is 11.6 Å². The summed E-state index contributed by atoms with van der Waals surface area (Å²) in [5.41, 5.74) is 0.462. The highest BCUT2D eigenvalue weighted by molar-refractivity contribution is 6.06. The second-order valence-corrected chi connectivity index (χ2v) is 4.88. The topological polar surface area (TPSA) is 48.0 Å². The first-order chi connectivity index (χ1) is 11.4. The van der Waals surface area contributed by atoms with Crippen molar-refractivity contribution in [2.24, 2.45) is 0 Å². The zero-order chi connectivity index (χ0) is 17.9. The SMILES string of the molecule is COc1cc(C(=O)N(C)c2ccc(F)c(F)c2)cc(OC)c1OC. The van der Waals surface area contributed by atoms with Crippen LogP contribution < -0.4 is 19.1 Å². The molecule has 0 heterocycles. The lowest BCUT2D eigenvalue weighted by molar-refractivity contribution is 0.0992. The monoisotopic (exact) mass is 337 g/mol. The van der Waals surface area contributed by atoms with E-state index in [1.165, 1.54) is 51.5 Å². The third-order valence-electron chi connectivity index (χ3n) is 3.51. The van der Waals surface area contributed by atoms with Crippen molar-refractivity contribution in [3.8, 4) is 17.2 Å². The number of benzene rings is 2. The average molecular weight is 337 g/mol. The van der Waals surface area contributed by atoms with E-state index in [9.17, 15) is 13.6 Å². The van der Waals surface area contributed by atoms with Gasteiger partial charge in [0.1, 0.15) is 0 Å². The molecule has 0 fully saturated rings. The molecule has 0 bridgehead atoms. The summed E-state index contributed by atoms with van der Waals surface area (Å²) < 4.78 is 42.0. The van der Waals surface area contributed by atoms with Gasteiger partial charge in [0.25, 0.3) is 5.91 Å². The summed E-state index contributed by atoms with van der Waals surface area (Å²) in [7, 11) is 5.78. The molecule has 2 rings (SSSR count). The number of ether oxygens (including phenoxy) is 3. The van der Waals surface area contributed by atoms with Gasteiger partial charge in [-0.05, 0) is 24.3 Å². The van der Waals surface area contributed by atoms with Crippen LogP contribution in [0.1, 0.15) is 10.4 Å². The highest BCUT2D eigenvalue weighted by atomic mass is 19.2. The first kappa shape index (κ1) is 17.5. The van der Waals surface area contributed by atoms with Crippen LogP contribution in [0.4, 0.5) is 14.5 Å². The minimum atomic E-state index is -1.03. The first-order valence-corrected chi connectivity index (χ1v) is 6.96. The molecule has 0 spiro atoms.